The summed E-state index contributed by atoms with van der Waals surface area (Å²) in [7, 11) is -2.10. The fourth-order valence-corrected chi connectivity index (χ4v) is 3.34. The molecule has 1 aliphatic carbocycles. The van der Waals surface area contributed by atoms with E-state index in [9.17, 15) is 13.2 Å². The molecular formula is C11H21NO4S. The number of methoxy groups -OCH3 is 1. The minimum Gasteiger partial charge on any atom is -0.468 e. The van der Waals surface area contributed by atoms with Gasteiger partial charge < -0.3 is 4.74 Å². The van der Waals surface area contributed by atoms with Gasteiger partial charge in [-0.3, -0.25) is 4.79 Å². The Kier molecular flexibility index (Phi) is 4.94. The molecule has 0 radical (unpaired) electrons. The molecule has 0 aliphatic heterocycles. The van der Waals surface area contributed by atoms with Gasteiger partial charge in [-0.1, -0.05) is 13.8 Å². The molecule has 1 atom stereocenters. The SMILES string of the molecule is COC(=O)C(CC(C)C)NS(=O)(=O)CC1CC1. The van der Waals surface area contributed by atoms with E-state index in [0.717, 1.165) is 12.8 Å². The van der Waals surface area contributed by atoms with Crippen LogP contribution in [0.25, 0.3) is 0 Å². The molecular weight excluding hydrogens is 242 g/mol. The molecule has 5 nitrogen and oxygen atoms in total. The van der Waals surface area contributed by atoms with Gasteiger partial charge in [-0.25, -0.2) is 13.1 Å². The zero-order valence-electron chi connectivity index (χ0n) is 10.6. The monoisotopic (exact) mass is 263 g/mol. The molecule has 0 saturated heterocycles. The van der Waals surface area contributed by atoms with Crippen molar-refractivity contribution >= 4 is 16.0 Å². The average molecular weight is 263 g/mol. The van der Waals surface area contributed by atoms with Crippen LogP contribution in [0.1, 0.15) is 33.1 Å². The van der Waals surface area contributed by atoms with Crippen LogP contribution >= 0.6 is 0 Å². The fourth-order valence-electron chi connectivity index (χ4n) is 1.67. The van der Waals surface area contributed by atoms with Crippen LogP contribution in [-0.4, -0.2) is 33.3 Å². The molecule has 1 saturated carbocycles. The van der Waals surface area contributed by atoms with Gasteiger partial charge in [-0.2, -0.15) is 0 Å². The maximum atomic E-state index is 11.8. The minimum absolute atomic E-state index is 0.124. The lowest BCUT2D eigenvalue weighted by atomic mass is 10.1. The Morgan fingerprint density at radius 2 is 2.00 bits per heavy atom. The molecule has 1 N–H and O–H groups in total. The van der Waals surface area contributed by atoms with Crippen molar-refractivity contribution in [3.63, 3.8) is 0 Å². The molecule has 1 aliphatic rings. The first kappa shape index (κ1) is 14.4. The number of carbonyl (C=O) groups is 1. The molecule has 1 fully saturated rings. The summed E-state index contributed by atoms with van der Waals surface area (Å²) in [4.78, 5) is 11.5. The van der Waals surface area contributed by atoms with E-state index < -0.39 is 22.0 Å². The summed E-state index contributed by atoms with van der Waals surface area (Å²) >= 11 is 0. The molecule has 100 valence electrons. The lowest BCUT2D eigenvalue weighted by Gasteiger charge is -2.18. The molecule has 6 heteroatoms. The molecule has 0 aromatic carbocycles. The Hall–Kier alpha value is -0.620. The highest BCUT2D eigenvalue weighted by Gasteiger charge is 2.31. The Bertz CT molecular complexity index is 360. The number of carbonyl (C=O) groups excluding carboxylic acids is 1. The molecule has 17 heavy (non-hydrogen) atoms. The molecule has 0 heterocycles. The van der Waals surface area contributed by atoms with Crippen LogP contribution in [0.2, 0.25) is 0 Å². The van der Waals surface area contributed by atoms with Crippen molar-refractivity contribution in [3.8, 4) is 0 Å². The van der Waals surface area contributed by atoms with E-state index in [2.05, 4.69) is 9.46 Å². The van der Waals surface area contributed by atoms with Crippen LogP contribution in [0.5, 0.6) is 0 Å². The van der Waals surface area contributed by atoms with Gasteiger partial charge in [-0.15, -0.1) is 0 Å². The third-order valence-electron chi connectivity index (χ3n) is 2.67. The van der Waals surface area contributed by atoms with E-state index in [1.165, 1.54) is 7.11 Å². The normalized spacial score (nSPS) is 18.1. The van der Waals surface area contributed by atoms with Crippen molar-refractivity contribution in [3.05, 3.63) is 0 Å². The van der Waals surface area contributed by atoms with Crippen LogP contribution in [0.3, 0.4) is 0 Å². The molecule has 0 amide bonds. The van der Waals surface area contributed by atoms with Crippen molar-refractivity contribution in [1.29, 1.82) is 0 Å². The summed E-state index contributed by atoms with van der Waals surface area (Å²) < 4.78 is 30.6. The maximum absolute atomic E-state index is 11.8. The van der Waals surface area contributed by atoms with Crippen molar-refractivity contribution in [2.45, 2.75) is 39.2 Å². The Balaban J connectivity index is 2.60. The second kappa shape index (κ2) is 5.82. The summed E-state index contributed by atoms with van der Waals surface area (Å²) in [6.45, 7) is 3.87. The lowest BCUT2D eigenvalue weighted by Crippen LogP contribution is -2.43. The van der Waals surface area contributed by atoms with E-state index in [-0.39, 0.29) is 17.6 Å². The first-order chi connectivity index (χ1) is 7.84. The van der Waals surface area contributed by atoms with Gasteiger partial charge in [0.25, 0.3) is 0 Å². The van der Waals surface area contributed by atoms with Gasteiger partial charge in [-0.05, 0) is 31.1 Å². The third-order valence-corrected chi connectivity index (χ3v) is 4.22. The Labute approximate surface area is 103 Å². The van der Waals surface area contributed by atoms with Crippen molar-refractivity contribution < 1.29 is 17.9 Å². The number of nitrogens with one attached hydrogen (secondary N) is 1. The highest BCUT2D eigenvalue weighted by molar-refractivity contribution is 7.89. The minimum atomic E-state index is -3.37. The molecule has 0 spiro atoms. The number of ether oxygens (including phenoxy) is 1. The van der Waals surface area contributed by atoms with E-state index in [1.807, 2.05) is 13.8 Å². The fraction of sp³-hybridized carbons (Fsp3) is 0.909. The molecule has 0 aromatic heterocycles. The first-order valence-electron chi connectivity index (χ1n) is 5.92. The second-order valence-electron chi connectivity index (χ2n) is 5.05. The predicted molar refractivity (Wildman–Crippen MR) is 64.9 cm³/mol. The summed E-state index contributed by atoms with van der Waals surface area (Å²) in [5.74, 6) is 0.101. The first-order valence-corrected chi connectivity index (χ1v) is 7.57. The summed E-state index contributed by atoms with van der Waals surface area (Å²) in [5, 5.41) is 0. The molecule has 0 bridgehead atoms. The van der Waals surface area contributed by atoms with E-state index in [4.69, 9.17) is 0 Å². The van der Waals surface area contributed by atoms with Gasteiger partial charge in [0.2, 0.25) is 10.0 Å². The highest BCUT2D eigenvalue weighted by atomic mass is 32.2. The molecule has 1 unspecified atom stereocenters. The zero-order valence-corrected chi connectivity index (χ0v) is 11.4. The van der Waals surface area contributed by atoms with Crippen LogP contribution in [0.4, 0.5) is 0 Å². The van der Waals surface area contributed by atoms with Crippen LogP contribution in [0.15, 0.2) is 0 Å². The van der Waals surface area contributed by atoms with Gasteiger partial charge in [0, 0.05) is 0 Å². The number of rotatable bonds is 7. The topological polar surface area (TPSA) is 72.5 Å². The maximum Gasteiger partial charge on any atom is 0.323 e. The average Bonchev–Trinajstić information content (AvgIpc) is 2.97. The van der Waals surface area contributed by atoms with Crippen molar-refractivity contribution in [2.24, 2.45) is 11.8 Å². The number of sulfonamides is 1. The zero-order chi connectivity index (χ0) is 13.1. The van der Waals surface area contributed by atoms with Gasteiger partial charge in [0.15, 0.2) is 0 Å². The lowest BCUT2D eigenvalue weighted by molar-refractivity contribution is -0.143. The predicted octanol–water partition coefficient (Wildman–Crippen LogP) is 0.903. The van der Waals surface area contributed by atoms with Gasteiger partial charge in [0.05, 0.1) is 12.9 Å². The van der Waals surface area contributed by atoms with Crippen LogP contribution in [-0.2, 0) is 19.6 Å². The number of hydrogen-bond acceptors (Lipinski definition) is 4. The second-order valence-corrected chi connectivity index (χ2v) is 6.85. The smallest absolute Gasteiger partial charge is 0.323 e. The van der Waals surface area contributed by atoms with E-state index in [0.29, 0.717) is 6.42 Å². The largest absolute Gasteiger partial charge is 0.468 e. The molecule has 1 rings (SSSR count). The van der Waals surface area contributed by atoms with Crippen molar-refractivity contribution in [2.75, 3.05) is 12.9 Å². The van der Waals surface area contributed by atoms with Crippen LogP contribution in [0, 0.1) is 11.8 Å². The highest BCUT2D eigenvalue weighted by Crippen LogP contribution is 2.30. The summed E-state index contributed by atoms with van der Waals surface area (Å²) in [6, 6.07) is -0.760. The Morgan fingerprint density at radius 1 is 1.41 bits per heavy atom. The Morgan fingerprint density at radius 3 is 2.41 bits per heavy atom. The third kappa shape index (κ3) is 5.50. The molecule has 0 aromatic rings. The van der Waals surface area contributed by atoms with E-state index >= 15 is 0 Å². The van der Waals surface area contributed by atoms with Gasteiger partial charge in [0.1, 0.15) is 6.04 Å². The van der Waals surface area contributed by atoms with Gasteiger partial charge >= 0.3 is 5.97 Å². The number of esters is 1. The quantitative estimate of drug-likeness (QED) is 0.693. The van der Waals surface area contributed by atoms with Crippen molar-refractivity contribution in [1.82, 2.24) is 4.72 Å². The summed E-state index contributed by atoms with van der Waals surface area (Å²) in [5.41, 5.74) is 0. The standard InChI is InChI=1S/C11H21NO4S/c1-8(2)6-10(11(13)16-3)12-17(14,15)7-9-4-5-9/h8-10,12H,4-7H2,1-3H3. The summed E-state index contributed by atoms with van der Waals surface area (Å²) in [6.07, 6.45) is 2.39. The number of hydrogen-bond donors (Lipinski definition) is 1. The van der Waals surface area contributed by atoms with Crippen LogP contribution < -0.4 is 4.72 Å². The van der Waals surface area contributed by atoms with E-state index in [1.54, 1.807) is 0 Å².